The van der Waals surface area contributed by atoms with E-state index in [9.17, 15) is 0 Å². The molecule has 0 saturated carbocycles. The molecular weight excluding hydrogens is 260 g/mol. The summed E-state index contributed by atoms with van der Waals surface area (Å²) in [4.78, 5) is 4.55. The highest BCUT2D eigenvalue weighted by Crippen LogP contribution is 2.11. The molecule has 0 spiro atoms. The van der Waals surface area contributed by atoms with Gasteiger partial charge in [-0.15, -0.1) is 11.3 Å². The van der Waals surface area contributed by atoms with Crippen LogP contribution in [0.4, 0.5) is 0 Å². The standard InChI is InChI=1S/C14H26N2O2S/c1-5-17-8-12(4)18-9-13-10-19-14(16-13)7-15-6-11(2)3/h10-12,15H,5-9H2,1-4H3. The van der Waals surface area contributed by atoms with Gasteiger partial charge in [-0.2, -0.15) is 0 Å². The highest BCUT2D eigenvalue weighted by Gasteiger charge is 2.06. The number of rotatable bonds is 10. The van der Waals surface area contributed by atoms with E-state index in [1.807, 2.05) is 13.8 Å². The zero-order valence-electron chi connectivity index (χ0n) is 12.4. The van der Waals surface area contributed by atoms with E-state index in [4.69, 9.17) is 9.47 Å². The van der Waals surface area contributed by atoms with Crippen LogP contribution < -0.4 is 5.32 Å². The number of hydrogen-bond donors (Lipinski definition) is 1. The third-order valence-corrected chi connectivity index (χ3v) is 3.40. The topological polar surface area (TPSA) is 43.4 Å². The Morgan fingerprint density at radius 1 is 1.37 bits per heavy atom. The lowest BCUT2D eigenvalue weighted by Gasteiger charge is -2.11. The summed E-state index contributed by atoms with van der Waals surface area (Å²) in [6, 6.07) is 0. The van der Waals surface area contributed by atoms with Crippen molar-refractivity contribution < 1.29 is 9.47 Å². The summed E-state index contributed by atoms with van der Waals surface area (Å²) in [5.41, 5.74) is 1.01. The Kier molecular flexibility index (Phi) is 8.21. The van der Waals surface area contributed by atoms with Gasteiger partial charge >= 0.3 is 0 Å². The van der Waals surface area contributed by atoms with E-state index in [-0.39, 0.29) is 6.10 Å². The van der Waals surface area contributed by atoms with E-state index in [1.54, 1.807) is 11.3 Å². The summed E-state index contributed by atoms with van der Waals surface area (Å²) in [5, 5.41) is 6.59. The van der Waals surface area contributed by atoms with Crippen molar-refractivity contribution in [1.82, 2.24) is 10.3 Å². The summed E-state index contributed by atoms with van der Waals surface area (Å²) in [6.07, 6.45) is 0.115. The molecule has 1 atom stereocenters. The predicted octanol–water partition coefficient (Wildman–Crippen LogP) is 2.83. The highest BCUT2D eigenvalue weighted by atomic mass is 32.1. The van der Waals surface area contributed by atoms with Crippen molar-refractivity contribution >= 4 is 11.3 Å². The molecule has 110 valence electrons. The third kappa shape index (κ3) is 7.62. The van der Waals surface area contributed by atoms with Crippen molar-refractivity contribution in [3.05, 3.63) is 16.1 Å². The molecule has 0 aromatic carbocycles. The molecule has 0 radical (unpaired) electrons. The smallest absolute Gasteiger partial charge is 0.107 e. The van der Waals surface area contributed by atoms with Crippen LogP contribution in [-0.4, -0.2) is 30.8 Å². The maximum absolute atomic E-state index is 5.68. The number of nitrogens with one attached hydrogen (secondary N) is 1. The maximum Gasteiger partial charge on any atom is 0.107 e. The minimum Gasteiger partial charge on any atom is -0.379 e. The molecule has 0 amide bonds. The molecule has 5 heteroatoms. The second-order valence-electron chi connectivity index (χ2n) is 5.04. The molecule has 0 bridgehead atoms. The van der Waals surface area contributed by atoms with Crippen molar-refractivity contribution in [3.8, 4) is 0 Å². The van der Waals surface area contributed by atoms with Crippen LogP contribution in [-0.2, 0) is 22.6 Å². The summed E-state index contributed by atoms with van der Waals surface area (Å²) in [6.45, 7) is 12.2. The maximum atomic E-state index is 5.68. The van der Waals surface area contributed by atoms with Gasteiger partial charge in [0.05, 0.1) is 25.0 Å². The largest absolute Gasteiger partial charge is 0.379 e. The second-order valence-corrected chi connectivity index (χ2v) is 5.98. The zero-order chi connectivity index (χ0) is 14.1. The number of aromatic nitrogens is 1. The third-order valence-electron chi connectivity index (χ3n) is 2.50. The van der Waals surface area contributed by atoms with Gasteiger partial charge in [0.2, 0.25) is 0 Å². The number of nitrogens with zero attached hydrogens (tertiary/aromatic N) is 1. The van der Waals surface area contributed by atoms with Crippen LogP contribution in [0.1, 0.15) is 38.4 Å². The highest BCUT2D eigenvalue weighted by molar-refractivity contribution is 7.09. The van der Waals surface area contributed by atoms with Crippen LogP contribution in [0.25, 0.3) is 0 Å². The number of ether oxygens (including phenoxy) is 2. The molecule has 1 aromatic heterocycles. The van der Waals surface area contributed by atoms with E-state index in [2.05, 4.69) is 29.5 Å². The summed E-state index contributed by atoms with van der Waals surface area (Å²) >= 11 is 1.69. The number of thiazole rings is 1. The number of hydrogen-bond acceptors (Lipinski definition) is 5. The molecule has 1 heterocycles. The molecule has 1 unspecified atom stereocenters. The minimum absolute atomic E-state index is 0.115. The van der Waals surface area contributed by atoms with Crippen LogP contribution in [0.15, 0.2) is 5.38 Å². The van der Waals surface area contributed by atoms with Crippen LogP contribution in [0.3, 0.4) is 0 Å². The lowest BCUT2D eigenvalue weighted by atomic mass is 10.2. The van der Waals surface area contributed by atoms with Gasteiger partial charge in [-0.25, -0.2) is 4.98 Å². The van der Waals surface area contributed by atoms with Crippen LogP contribution >= 0.6 is 11.3 Å². The molecule has 1 aromatic rings. The average molecular weight is 286 g/mol. The van der Waals surface area contributed by atoms with Gasteiger partial charge in [0.15, 0.2) is 0 Å². The summed E-state index contributed by atoms with van der Waals surface area (Å²) < 4.78 is 11.0. The Labute approximate surface area is 120 Å². The predicted molar refractivity (Wildman–Crippen MR) is 79.4 cm³/mol. The Morgan fingerprint density at radius 3 is 2.84 bits per heavy atom. The lowest BCUT2D eigenvalue weighted by Crippen LogP contribution is -2.19. The Hall–Kier alpha value is -0.490. The Bertz CT molecular complexity index is 342. The van der Waals surface area contributed by atoms with Crippen molar-refractivity contribution in [2.45, 2.75) is 47.0 Å². The minimum atomic E-state index is 0.115. The SMILES string of the molecule is CCOCC(C)OCc1csc(CNCC(C)C)n1. The fourth-order valence-corrected chi connectivity index (χ4v) is 2.27. The molecule has 4 nitrogen and oxygen atoms in total. The van der Waals surface area contributed by atoms with Gasteiger partial charge in [-0.3, -0.25) is 0 Å². The molecule has 0 aliphatic rings. The first-order chi connectivity index (χ1) is 9.11. The van der Waals surface area contributed by atoms with Crippen molar-refractivity contribution in [1.29, 1.82) is 0 Å². The average Bonchev–Trinajstić information content (AvgIpc) is 2.81. The quantitative estimate of drug-likeness (QED) is 0.718. The van der Waals surface area contributed by atoms with Gasteiger partial charge in [0.1, 0.15) is 5.01 Å². The molecule has 0 aliphatic heterocycles. The molecule has 0 aliphatic carbocycles. The first-order valence-electron chi connectivity index (χ1n) is 6.95. The summed E-state index contributed by atoms with van der Waals surface area (Å²) in [7, 11) is 0. The van der Waals surface area contributed by atoms with Crippen LogP contribution in [0, 0.1) is 5.92 Å². The van der Waals surface area contributed by atoms with Crippen molar-refractivity contribution in [3.63, 3.8) is 0 Å². The van der Waals surface area contributed by atoms with Crippen molar-refractivity contribution in [2.75, 3.05) is 19.8 Å². The van der Waals surface area contributed by atoms with E-state index in [0.29, 0.717) is 19.1 Å². The molecular formula is C14H26N2O2S. The van der Waals surface area contributed by atoms with E-state index >= 15 is 0 Å². The normalized spacial score (nSPS) is 13.1. The first-order valence-corrected chi connectivity index (χ1v) is 7.83. The van der Waals surface area contributed by atoms with Gasteiger partial charge in [-0.05, 0) is 26.3 Å². The van der Waals surface area contributed by atoms with Gasteiger partial charge < -0.3 is 14.8 Å². The molecule has 1 rings (SSSR count). The van der Waals surface area contributed by atoms with Gasteiger partial charge in [-0.1, -0.05) is 13.8 Å². The van der Waals surface area contributed by atoms with Gasteiger partial charge in [0, 0.05) is 18.5 Å². The zero-order valence-corrected chi connectivity index (χ0v) is 13.3. The van der Waals surface area contributed by atoms with E-state index in [0.717, 1.165) is 30.4 Å². The van der Waals surface area contributed by atoms with Crippen molar-refractivity contribution in [2.24, 2.45) is 5.92 Å². The molecule has 19 heavy (non-hydrogen) atoms. The van der Waals surface area contributed by atoms with Crippen LogP contribution in [0.2, 0.25) is 0 Å². The summed E-state index contributed by atoms with van der Waals surface area (Å²) in [5.74, 6) is 0.669. The van der Waals surface area contributed by atoms with E-state index in [1.165, 1.54) is 0 Å². The van der Waals surface area contributed by atoms with E-state index < -0.39 is 0 Å². The lowest BCUT2D eigenvalue weighted by molar-refractivity contribution is -0.0126. The second kappa shape index (κ2) is 9.42. The fraction of sp³-hybridized carbons (Fsp3) is 0.786. The molecule has 1 N–H and O–H groups in total. The van der Waals surface area contributed by atoms with Crippen LogP contribution in [0.5, 0.6) is 0 Å². The monoisotopic (exact) mass is 286 g/mol. The molecule has 0 saturated heterocycles. The fourth-order valence-electron chi connectivity index (χ4n) is 1.52. The first kappa shape index (κ1) is 16.6. The Morgan fingerprint density at radius 2 is 2.16 bits per heavy atom. The Balaban J connectivity index is 2.22. The molecule has 0 fully saturated rings. The van der Waals surface area contributed by atoms with Gasteiger partial charge in [0.25, 0.3) is 0 Å².